The van der Waals surface area contributed by atoms with Gasteiger partial charge >= 0.3 is 5.97 Å². The van der Waals surface area contributed by atoms with Crippen molar-refractivity contribution < 1.29 is 31.5 Å². The number of hydrogen-bond acceptors (Lipinski definition) is 6. The summed E-state index contributed by atoms with van der Waals surface area (Å²) in [6, 6.07) is 4.73. The van der Waals surface area contributed by atoms with E-state index in [4.69, 9.17) is 5.11 Å². The molecule has 0 spiro atoms. The number of sulfone groups is 1. The molecule has 9 nitrogen and oxygen atoms in total. The SMILES string of the molecule is CC(=O)NCc1ccc(S(=O)(=O)N(CC(=O)O)[C@@H]2CCS(=O)(=O)C2)cc1. The quantitative estimate of drug-likeness (QED) is 0.630. The number of aliphatic carboxylic acids is 1. The maximum atomic E-state index is 12.8. The molecule has 1 saturated heterocycles. The van der Waals surface area contributed by atoms with Gasteiger partial charge < -0.3 is 10.4 Å². The van der Waals surface area contributed by atoms with E-state index >= 15 is 0 Å². The van der Waals surface area contributed by atoms with Crippen molar-refractivity contribution in [3.05, 3.63) is 29.8 Å². The summed E-state index contributed by atoms with van der Waals surface area (Å²) in [5.74, 6) is -2.14. The lowest BCUT2D eigenvalue weighted by Crippen LogP contribution is -2.44. The highest BCUT2D eigenvalue weighted by molar-refractivity contribution is 7.92. The molecular formula is C15H20N2O7S2. The minimum atomic E-state index is -4.18. The van der Waals surface area contributed by atoms with Crippen LogP contribution in [0.5, 0.6) is 0 Å². The Labute approximate surface area is 152 Å². The zero-order valence-corrected chi connectivity index (χ0v) is 15.7. The largest absolute Gasteiger partial charge is 0.480 e. The molecule has 2 rings (SSSR count). The maximum absolute atomic E-state index is 12.8. The number of carboxylic acid groups (broad SMARTS) is 1. The minimum absolute atomic E-state index is 0.0649. The van der Waals surface area contributed by atoms with Gasteiger partial charge in [-0.15, -0.1) is 0 Å². The van der Waals surface area contributed by atoms with Gasteiger partial charge in [0, 0.05) is 19.5 Å². The second-order valence-corrected chi connectivity index (χ2v) is 10.2. The summed E-state index contributed by atoms with van der Waals surface area (Å²) in [5, 5.41) is 11.6. The summed E-state index contributed by atoms with van der Waals surface area (Å²) in [6.07, 6.45) is 0.0649. The number of sulfonamides is 1. The number of amides is 1. The van der Waals surface area contributed by atoms with E-state index in [9.17, 15) is 26.4 Å². The van der Waals surface area contributed by atoms with E-state index in [1.165, 1.54) is 31.2 Å². The predicted octanol–water partition coefficient (Wildman–Crippen LogP) is -0.415. The minimum Gasteiger partial charge on any atom is -0.480 e. The Morgan fingerprint density at radius 2 is 1.88 bits per heavy atom. The Morgan fingerprint density at radius 3 is 2.35 bits per heavy atom. The standard InChI is InChI=1S/C15H20N2O7S2/c1-11(18)16-8-12-2-4-14(5-3-12)26(23,24)17(9-15(19)20)13-6-7-25(21,22)10-13/h2-5,13H,6-10H2,1H3,(H,16,18)(H,19,20)/t13-/m1/s1. The molecule has 0 saturated carbocycles. The zero-order valence-electron chi connectivity index (χ0n) is 14.1. The topological polar surface area (TPSA) is 138 Å². The van der Waals surface area contributed by atoms with Crippen molar-refractivity contribution in [1.29, 1.82) is 0 Å². The van der Waals surface area contributed by atoms with Crippen LogP contribution in [0.1, 0.15) is 18.9 Å². The molecule has 26 heavy (non-hydrogen) atoms. The van der Waals surface area contributed by atoms with Crippen molar-refractivity contribution in [2.75, 3.05) is 18.1 Å². The predicted molar refractivity (Wildman–Crippen MR) is 92.5 cm³/mol. The van der Waals surface area contributed by atoms with Gasteiger partial charge in [0.1, 0.15) is 6.54 Å². The van der Waals surface area contributed by atoms with E-state index < -0.39 is 38.4 Å². The first-order valence-corrected chi connectivity index (χ1v) is 11.0. The van der Waals surface area contributed by atoms with Crippen LogP contribution in [0.15, 0.2) is 29.2 Å². The monoisotopic (exact) mass is 404 g/mol. The van der Waals surface area contributed by atoms with Crippen LogP contribution in [-0.4, -0.2) is 62.2 Å². The van der Waals surface area contributed by atoms with Crippen LogP contribution in [0.3, 0.4) is 0 Å². The Balaban J connectivity index is 2.28. The van der Waals surface area contributed by atoms with Crippen LogP contribution >= 0.6 is 0 Å². The number of carbonyl (C=O) groups excluding carboxylic acids is 1. The van der Waals surface area contributed by atoms with Gasteiger partial charge in [-0.1, -0.05) is 12.1 Å². The van der Waals surface area contributed by atoms with Gasteiger partial charge in [0.25, 0.3) is 0 Å². The third kappa shape index (κ3) is 5.02. The molecule has 0 aliphatic carbocycles. The fraction of sp³-hybridized carbons (Fsp3) is 0.467. The van der Waals surface area contributed by atoms with Crippen molar-refractivity contribution in [3.8, 4) is 0 Å². The molecule has 11 heteroatoms. The summed E-state index contributed by atoms with van der Waals surface area (Å²) in [7, 11) is -7.56. The number of hydrogen-bond donors (Lipinski definition) is 2. The lowest BCUT2D eigenvalue weighted by Gasteiger charge is -2.25. The molecule has 1 fully saturated rings. The molecule has 1 aromatic carbocycles. The third-order valence-corrected chi connectivity index (χ3v) is 7.64. The van der Waals surface area contributed by atoms with E-state index in [1.807, 2.05) is 0 Å². The van der Waals surface area contributed by atoms with Gasteiger partial charge in [-0.25, -0.2) is 16.8 Å². The molecule has 144 valence electrons. The van der Waals surface area contributed by atoms with E-state index in [0.29, 0.717) is 5.56 Å². The number of rotatable bonds is 7. The molecule has 1 aliphatic heterocycles. The van der Waals surface area contributed by atoms with Crippen LogP contribution in [0, 0.1) is 0 Å². The average molecular weight is 404 g/mol. The number of nitrogens with zero attached hydrogens (tertiary/aromatic N) is 1. The first-order valence-electron chi connectivity index (χ1n) is 7.79. The van der Waals surface area contributed by atoms with Crippen LogP contribution < -0.4 is 5.32 Å². The van der Waals surface area contributed by atoms with Crippen LogP contribution in [-0.2, 0) is 36.0 Å². The second kappa shape index (κ2) is 7.72. The molecule has 1 atom stereocenters. The summed E-state index contributed by atoms with van der Waals surface area (Å²) >= 11 is 0. The van der Waals surface area contributed by atoms with E-state index in [2.05, 4.69) is 5.32 Å². The first-order chi connectivity index (χ1) is 12.0. The van der Waals surface area contributed by atoms with Crippen molar-refractivity contribution >= 4 is 31.7 Å². The van der Waals surface area contributed by atoms with Gasteiger partial charge in [-0.05, 0) is 24.1 Å². The Hall–Kier alpha value is -1.98. The van der Waals surface area contributed by atoms with Gasteiger partial charge in [-0.3, -0.25) is 9.59 Å². The summed E-state index contributed by atoms with van der Waals surface area (Å²) in [4.78, 5) is 21.9. The second-order valence-electron chi connectivity index (χ2n) is 6.05. The number of carboxylic acids is 1. The molecular weight excluding hydrogens is 384 g/mol. The summed E-state index contributed by atoms with van der Waals surface area (Å²) in [6.45, 7) is 0.782. The van der Waals surface area contributed by atoms with E-state index in [0.717, 1.165) is 4.31 Å². The maximum Gasteiger partial charge on any atom is 0.318 e. The fourth-order valence-corrected chi connectivity index (χ4v) is 6.12. The molecule has 0 aromatic heterocycles. The first kappa shape index (κ1) is 20.3. The van der Waals surface area contributed by atoms with Crippen molar-refractivity contribution in [2.24, 2.45) is 0 Å². The number of benzene rings is 1. The summed E-state index contributed by atoms with van der Waals surface area (Å²) in [5.41, 5.74) is 0.673. The fourth-order valence-electron chi connectivity index (χ4n) is 2.69. The highest BCUT2D eigenvalue weighted by Crippen LogP contribution is 2.25. The molecule has 0 unspecified atom stereocenters. The third-order valence-electron chi connectivity index (χ3n) is 3.98. The molecule has 1 aromatic rings. The van der Waals surface area contributed by atoms with Crippen LogP contribution in [0.4, 0.5) is 0 Å². The Kier molecular flexibility index (Phi) is 6.04. The highest BCUT2D eigenvalue weighted by Gasteiger charge is 2.39. The van der Waals surface area contributed by atoms with Gasteiger partial charge in [0.05, 0.1) is 16.4 Å². The van der Waals surface area contributed by atoms with Gasteiger partial charge in [0.15, 0.2) is 9.84 Å². The van der Waals surface area contributed by atoms with Crippen molar-refractivity contribution in [2.45, 2.75) is 30.8 Å². The zero-order chi connectivity index (χ0) is 19.5. The molecule has 2 N–H and O–H groups in total. The molecule has 1 heterocycles. The van der Waals surface area contributed by atoms with Crippen molar-refractivity contribution in [3.63, 3.8) is 0 Å². The molecule has 1 aliphatic rings. The highest BCUT2D eigenvalue weighted by atomic mass is 32.2. The molecule has 0 radical (unpaired) electrons. The lowest BCUT2D eigenvalue weighted by atomic mass is 10.2. The van der Waals surface area contributed by atoms with Crippen LogP contribution in [0.2, 0.25) is 0 Å². The van der Waals surface area contributed by atoms with Crippen molar-refractivity contribution in [1.82, 2.24) is 9.62 Å². The van der Waals surface area contributed by atoms with E-state index in [1.54, 1.807) is 0 Å². The number of nitrogens with one attached hydrogen (secondary N) is 1. The molecule has 0 bridgehead atoms. The smallest absolute Gasteiger partial charge is 0.318 e. The van der Waals surface area contributed by atoms with Crippen LogP contribution in [0.25, 0.3) is 0 Å². The average Bonchev–Trinajstić information content (AvgIpc) is 2.90. The Bertz CT molecular complexity index is 892. The normalized spacial score (nSPS) is 19.4. The summed E-state index contributed by atoms with van der Waals surface area (Å²) < 4.78 is 49.7. The molecule has 1 amide bonds. The number of carbonyl (C=O) groups is 2. The van der Waals surface area contributed by atoms with E-state index in [-0.39, 0.29) is 35.3 Å². The lowest BCUT2D eigenvalue weighted by molar-refractivity contribution is -0.137. The Morgan fingerprint density at radius 1 is 1.27 bits per heavy atom. The van der Waals surface area contributed by atoms with Gasteiger partial charge in [-0.2, -0.15) is 4.31 Å². The van der Waals surface area contributed by atoms with Gasteiger partial charge in [0.2, 0.25) is 15.9 Å².